The zero-order valence-corrected chi connectivity index (χ0v) is 14.6. The van der Waals surface area contributed by atoms with E-state index in [0.717, 1.165) is 18.4 Å². The van der Waals surface area contributed by atoms with Gasteiger partial charge in [0.1, 0.15) is 0 Å². The third kappa shape index (κ3) is 4.67. The summed E-state index contributed by atoms with van der Waals surface area (Å²) in [6.45, 7) is 1.22. The van der Waals surface area contributed by atoms with Gasteiger partial charge < -0.3 is 15.0 Å². The van der Waals surface area contributed by atoms with Crippen molar-refractivity contribution in [3.05, 3.63) is 24.0 Å². The number of ether oxygens (including phenoxy) is 1. The van der Waals surface area contributed by atoms with E-state index in [9.17, 15) is 9.59 Å². The van der Waals surface area contributed by atoms with Gasteiger partial charge in [0.05, 0.1) is 11.8 Å². The minimum atomic E-state index is -0.442. The molecule has 0 radical (unpaired) electrons. The molecule has 0 saturated carbocycles. The highest BCUT2D eigenvalue weighted by molar-refractivity contribution is 5.91. The summed E-state index contributed by atoms with van der Waals surface area (Å²) in [6, 6.07) is 0. The summed E-state index contributed by atoms with van der Waals surface area (Å²) in [5.41, 5.74) is 0.447. The van der Waals surface area contributed by atoms with Gasteiger partial charge in [0, 0.05) is 58.6 Å². The first-order valence-corrected chi connectivity index (χ1v) is 8.19. The van der Waals surface area contributed by atoms with E-state index in [2.05, 4.69) is 10.4 Å². The SMILES string of the molecule is CNC(=O)CCC1(OC)CCCN(C(=O)/C=C/c2cnn(C)c2)C1. The second-order valence-electron chi connectivity index (χ2n) is 6.20. The van der Waals surface area contributed by atoms with Crippen LogP contribution in [0.25, 0.3) is 6.08 Å². The van der Waals surface area contributed by atoms with Crippen molar-refractivity contribution in [1.82, 2.24) is 20.0 Å². The smallest absolute Gasteiger partial charge is 0.246 e. The summed E-state index contributed by atoms with van der Waals surface area (Å²) in [5.74, 6) is -0.0498. The molecule has 1 saturated heterocycles. The molecule has 1 aliphatic rings. The zero-order chi connectivity index (χ0) is 17.6. The van der Waals surface area contributed by atoms with Crippen molar-refractivity contribution in [1.29, 1.82) is 0 Å². The molecular weight excluding hydrogens is 308 g/mol. The molecule has 7 heteroatoms. The number of nitrogens with zero attached hydrogens (tertiary/aromatic N) is 3. The second-order valence-corrected chi connectivity index (χ2v) is 6.20. The van der Waals surface area contributed by atoms with E-state index in [0.29, 0.717) is 25.9 Å². The normalized spacial score (nSPS) is 21.2. The first-order valence-electron chi connectivity index (χ1n) is 8.19. The number of nitrogens with one attached hydrogen (secondary N) is 1. The van der Waals surface area contributed by atoms with E-state index in [-0.39, 0.29) is 11.8 Å². The van der Waals surface area contributed by atoms with Crippen LogP contribution in [0, 0.1) is 0 Å². The van der Waals surface area contributed by atoms with Crippen LogP contribution in [0.1, 0.15) is 31.2 Å². The molecule has 1 atom stereocenters. The summed E-state index contributed by atoms with van der Waals surface area (Å²) >= 11 is 0. The third-order valence-electron chi connectivity index (χ3n) is 4.51. The number of carbonyl (C=O) groups excluding carboxylic acids is 2. The highest BCUT2D eigenvalue weighted by atomic mass is 16.5. The first-order chi connectivity index (χ1) is 11.5. The molecule has 24 heavy (non-hydrogen) atoms. The summed E-state index contributed by atoms with van der Waals surface area (Å²) in [6.07, 6.45) is 9.64. The summed E-state index contributed by atoms with van der Waals surface area (Å²) in [4.78, 5) is 25.8. The standard InChI is InChI=1S/C17H26N4O3/c1-18-15(22)7-9-17(24-3)8-4-10-21(13-17)16(23)6-5-14-11-19-20(2)12-14/h5-6,11-12H,4,7-10,13H2,1-3H3,(H,18,22)/b6-5+. The van der Waals surface area contributed by atoms with E-state index in [1.165, 1.54) is 0 Å². The molecule has 1 unspecified atom stereocenters. The van der Waals surface area contributed by atoms with E-state index >= 15 is 0 Å². The summed E-state index contributed by atoms with van der Waals surface area (Å²) in [5, 5.41) is 6.70. The van der Waals surface area contributed by atoms with Gasteiger partial charge in [-0.2, -0.15) is 5.10 Å². The van der Waals surface area contributed by atoms with E-state index in [1.807, 2.05) is 13.2 Å². The number of methoxy groups -OCH3 is 1. The van der Waals surface area contributed by atoms with Crippen molar-refractivity contribution in [2.75, 3.05) is 27.2 Å². The molecule has 2 amide bonds. The van der Waals surface area contributed by atoms with Crippen molar-refractivity contribution in [3.8, 4) is 0 Å². The molecule has 2 rings (SSSR count). The van der Waals surface area contributed by atoms with Crippen LogP contribution in [-0.4, -0.2) is 59.3 Å². The molecule has 1 aromatic rings. The number of hydrogen-bond acceptors (Lipinski definition) is 4. The van der Waals surface area contributed by atoms with Gasteiger partial charge in [0.25, 0.3) is 0 Å². The van der Waals surface area contributed by atoms with Crippen LogP contribution < -0.4 is 5.32 Å². The molecule has 1 fully saturated rings. The maximum absolute atomic E-state index is 12.5. The Labute approximate surface area is 142 Å². The number of aromatic nitrogens is 2. The maximum atomic E-state index is 12.5. The molecule has 2 heterocycles. The molecule has 7 nitrogen and oxygen atoms in total. The Hall–Kier alpha value is -2.15. The van der Waals surface area contributed by atoms with Crippen molar-refractivity contribution in [3.63, 3.8) is 0 Å². The predicted molar refractivity (Wildman–Crippen MR) is 91.1 cm³/mol. The van der Waals surface area contributed by atoms with Gasteiger partial charge in [-0.25, -0.2) is 0 Å². The fraction of sp³-hybridized carbons (Fsp3) is 0.588. The van der Waals surface area contributed by atoms with Crippen LogP contribution in [-0.2, 0) is 21.4 Å². The molecular formula is C17H26N4O3. The first kappa shape index (κ1) is 18.2. The maximum Gasteiger partial charge on any atom is 0.246 e. The van der Waals surface area contributed by atoms with Gasteiger partial charge in [-0.1, -0.05) is 0 Å². The Kier molecular flexibility index (Phi) is 6.14. The minimum Gasteiger partial charge on any atom is -0.376 e. The molecule has 1 aliphatic heterocycles. The predicted octanol–water partition coefficient (Wildman–Crippen LogP) is 0.967. The molecule has 0 aliphatic carbocycles. The highest BCUT2D eigenvalue weighted by Gasteiger charge is 2.36. The van der Waals surface area contributed by atoms with E-state index in [4.69, 9.17) is 4.74 Å². The third-order valence-corrected chi connectivity index (χ3v) is 4.51. The Morgan fingerprint density at radius 2 is 2.29 bits per heavy atom. The van der Waals surface area contributed by atoms with Crippen molar-refractivity contribution in [2.45, 2.75) is 31.3 Å². The van der Waals surface area contributed by atoms with Crippen LogP contribution in [0.15, 0.2) is 18.5 Å². The van der Waals surface area contributed by atoms with Crippen LogP contribution in [0.3, 0.4) is 0 Å². The molecule has 1 aromatic heterocycles. The number of hydrogen-bond donors (Lipinski definition) is 1. The monoisotopic (exact) mass is 334 g/mol. The lowest BCUT2D eigenvalue weighted by Gasteiger charge is -2.41. The second kappa shape index (κ2) is 8.10. The molecule has 0 bridgehead atoms. The summed E-state index contributed by atoms with van der Waals surface area (Å²) < 4.78 is 7.40. The average molecular weight is 334 g/mol. The van der Waals surface area contributed by atoms with Crippen molar-refractivity contribution in [2.24, 2.45) is 7.05 Å². The highest BCUT2D eigenvalue weighted by Crippen LogP contribution is 2.29. The number of carbonyl (C=O) groups is 2. The fourth-order valence-electron chi connectivity index (χ4n) is 3.02. The number of aryl methyl sites for hydroxylation is 1. The zero-order valence-electron chi connectivity index (χ0n) is 14.6. The van der Waals surface area contributed by atoms with Gasteiger partial charge in [-0.05, 0) is 25.3 Å². The van der Waals surface area contributed by atoms with Crippen molar-refractivity contribution >= 4 is 17.9 Å². The lowest BCUT2D eigenvalue weighted by Crippen LogP contribution is -2.51. The van der Waals surface area contributed by atoms with Gasteiger partial charge >= 0.3 is 0 Å². The molecule has 132 valence electrons. The largest absolute Gasteiger partial charge is 0.376 e. The average Bonchev–Trinajstić information content (AvgIpc) is 3.03. The molecule has 0 aromatic carbocycles. The van der Waals surface area contributed by atoms with E-state index < -0.39 is 5.60 Å². The number of likely N-dealkylation sites (tertiary alicyclic amines) is 1. The number of amides is 2. The van der Waals surface area contributed by atoms with Crippen LogP contribution in [0.4, 0.5) is 0 Å². The van der Waals surface area contributed by atoms with Gasteiger partial charge in [0.2, 0.25) is 11.8 Å². The Balaban J connectivity index is 1.98. The topological polar surface area (TPSA) is 76.5 Å². The van der Waals surface area contributed by atoms with Crippen LogP contribution in [0.2, 0.25) is 0 Å². The molecule has 1 N–H and O–H groups in total. The lowest BCUT2D eigenvalue weighted by atomic mass is 9.87. The number of piperidine rings is 1. The summed E-state index contributed by atoms with van der Waals surface area (Å²) in [7, 11) is 5.12. The van der Waals surface area contributed by atoms with Gasteiger partial charge in [-0.15, -0.1) is 0 Å². The Bertz CT molecular complexity index is 611. The minimum absolute atomic E-state index is 0.00801. The Morgan fingerprint density at radius 1 is 1.50 bits per heavy atom. The van der Waals surface area contributed by atoms with Crippen molar-refractivity contribution < 1.29 is 14.3 Å². The quantitative estimate of drug-likeness (QED) is 0.787. The van der Waals surface area contributed by atoms with Crippen LogP contribution >= 0.6 is 0 Å². The number of rotatable bonds is 6. The van der Waals surface area contributed by atoms with Gasteiger partial charge in [-0.3, -0.25) is 14.3 Å². The van der Waals surface area contributed by atoms with E-state index in [1.54, 1.807) is 42.1 Å². The van der Waals surface area contributed by atoms with Crippen LogP contribution in [0.5, 0.6) is 0 Å². The van der Waals surface area contributed by atoms with Gasteiger partial charge in [0.15, 0.2) is 0 Å². The molecule has 0 spiro atoms. The lowest BCUT2D eigenvalue weighted by molar-refractivity contribution is -0.136. The Morgan fingerprint density at radius 3 is 2.92 bits per heavy atom. The fourth-order valence-corrected chi connectivity index (χ4v) is 3.02.